The number of nitrogens with zero attached hydrogens (tertiary/aromatic N) is 2. The van der Waals surface area contributed by atoms with Crippen molar-refractivity contribution in [1.29, 1.82) is 5.26 Å². The highest BCUT2D eigenvalue weighted by Gasteiger charge is 2.12. The Morgan fingerprint density at radius 2 is 2.25 bits per heavy atom. The molecule has 1 aromatic rings. The van der Waals surface area contributed by atoms with Crippen molar-refractivity contribution in [2.75, 3.05) is 46.5 Å². The topological polar surface area (TPSA) is 94.8 Å². The van der Waals surface area contributed by atoms with Gasteiger partial charge in [-0.2, -0.15) is 5.26 Å². The first-order valence-electron chi connectivity index (χ1n) is 7.71. The molecule has 24 heavy (non-hydrogen) atoms. The largest absolute Gasteiger partial charge is 0.504 e. The summed E-state index contributed by atoms with van der Waals surface area (Å²) < 4.78 is 10.3. The van der Waals surface area contributed by atoms with Gasteiger partial charge in [0.15, 0.2) is 11.5 Å². The van der Waals surface area contributed by atoms with Crippen LogP contribution in [0.4, 0.5) is 0 Å². The van der Waals surface area contributed by atoms with Gasteiger partial charge >= 0.3 is 0 Å². The predicted octanol–water partition coefficient (Wildman–Crippen LogP) is 0.756. The van der Waals surface area contributed by atoms with E-state index in [1.165, 1.54) is 19.3 Å². The maximum absolute atomic E-state index is 12.1. The summed E-state index contributed by atoms with van der Waals surface area (Å²) in [5.74, 6) is -0.130. The zero-order valence-corrected chi connectivity index (χ0v) is 13.6. The summed E-state index contributed by atoms with van der Waals surface area (Å²) in [5.41, 5.74) is 0.606. The molecular formula is C17H21N3O4. The minimum absolute atomic E-state index is 0.00289. The molecule has 0 bridgehead atoms. The Bertz CT molecular complexity index is 646. The molecule has 1 aliphatic rings. The van der Waals surface area contributed by atoms with E-state index in [1.807, 2.05) is 6.07 Å². The fraction of sp³-hybridized carbons (Fsp3) is 0.412. The molecular weight excluding hydrogens is 310 g/mol. The third kappa shape index (κ3) is 4.98. The second kappa shape index (κ2) is 8.91. The fourth-order valence-electron chi connectivity index (χ4n) is 2.35. The zero-order valence-electron chi connectivity index (χ0n) is 13.6. The van der Waals surface area contributed by atoms with Gasteiger partial charge in [-0.25, -0.2) is 0 Å². The van der Waals surface area contributed by atoms with Crippen molar-refractivity contribution in [3.8, 4) is 17.6 Å². The Balaban J connectivity index is 1.94. The Labute approximate surface area is 141 Å². The molecule has 1 aliphatic heterocycles. The molecule has 1 aromatic carbocycles. The summed E-state index contributed by atoms with van der Waals surface area (Å²) in [4.78, 5) is 14.3. The van der Waals surface area contributed by atoms with E-state index in [4.69, 9.17) is 9.47 Å². The lowest BCUT2D eigenvalue weighted by Crippen LogP contribution is -2.41. The van der Waals surface area contributed by atoms with Gasteiger partial charge < -0.3 is 19.9 Å². The second-order valence-corrected chi connectivity index (χ2v) is 5.31. The van der Waals surface area contributed by atoms with Gasteiger partial charge in [0.05, 0.1) is 20.3 Å². The van der Waals surface area contributed by atoms with E-state index < -0.39 is 5.91 Å². The van der Waals surface area contributed by atoms with Crippen LogP contribution in [0.25, 0.3) is 6.08 Å². The number of benzene rings is 1. The number of hydrogen-bond acceptors (Lipinski definition) is 6. The van der Waals surface area contributed by atoms with E-state index in [0.717, 1.165) is 19.6 Å². The first kappa shape index (κ1) is 17.8. The van der Waals surface area contributed by atoms with Crippen LogP contribution in [0.15, 0.2) is 23.8 Å². The molecule has 2 rings (SSSR count). The average Bonchev–Trinajstić information content (AvgIpc) is 2.61. The van der Waals surface area contributed by atoms with Crippen LogP contribution in [0.5, 0.6) is 11.5 Å². The Kier molecular flexibility index (Phi) is 6.61. The third-order valence-electron chi connectivity index (χ3n) is 3.70. The molecule has 0 aromatic heterocycles. The number of nitriles is 1. The number of carbonyl (C=O) groups is 1. The Hall–Kier alpha value is -2.56. The molecule has 0 spiro atoms. The fourth-order valence-corrected chi connectivity index (χ4v) is 2.35. The maximum atomic E-state index is 12.1. The highest BCUT2D eigenvalue weighted by atomic mass is 16.5. The number of ether oxygens (including phenoxy) is 2. The highest BCUT2D eigenvalue weighted by molar-refractivity contribution is 6.01. The number of amides is 1. The lowest BCUT2D eigenvalue weighted by atomic mass is 10.1. The van der Waals surface area contributed by atoms with Gasteiger partial charge in [-0.05, 0) is 23.8 Å². The molecule has 128 valence electrons. The van der Waals surface area contributed by atoms with Crippen molar-refractivity contribution in [3.63, 3.8) is 0 Å². The van der Waals surface area contributed by atoms with Gasteiger partial charge in [0.1, 0.15) is 11.6 Å². The van der Waals surface area contributed by atoms with Crippen molar-refractivity contribution in [1.82, 2.24) is 10.2 Å². The van der Waals surface area contributed by atoms with E-state index in [9.17, 15) is 15.2 Å². The van der Waals surface area contributed by atoms with Crippen molar-refractivity contribution in [2.24, 2.45) is 0 Å². The van der Waals surface area contributed by atoms with Crippen LogP contribution in [-0.4, -0.2) is 62.4 Å². The van der Waals surface area contributed by atoms with E-state index in [-0.39, 0.29) is 17.1 Å². The van der Waals surface area contributed by atoms with E-state index in [2.05, 4.69) is 10.2 Å². The molecule has 0 unspecified atom stereocenters. The molecule has 1 heterocycles. The summed E-state index contributed by atoms with van der Waals surface area (Å²) >= 11 is 0. The van der Waals surface area contributed by atoms with Gasteiger partial charge in [-0.3, -0.25) is 9.69 Å². The van der Waals surface area contributed by atoms with Gasteiger partial charge in [0.2, 0.25) is 0 Å². The SMILES string of the molecule is COc1cc(C=C(C#N)C(=O)NCCN2CCOCC2)ccc1O. The first-order valence-corrected chi connectivity index (χ1v) is 7.71. The third-order valence-corrected chi connectivity index (χ3v) is 3.70. The van der Waals surface area contributed by atoms with E-state index in [0.29, 0.717) is 25.3 Å². The maximum Gasteiger partial charge on any atom is 0.261 e. The normalized spacial score (nSPS) is 15.6. The Morgan fingerprint density at radius 1 is 1.50 bits per heavy atom. The van der Waals surface area contributed by atoms with Gasteiger partial charge in [-0.1, -0.05) is 6.07 Å². The molecule has 0 radical (unpaired) electrons. The summed E-state index contributed by atoms with van der Waals surface area (Å²) in [6.45, 7) is 4.31. The van der Waals surface area contributed by atoms with Crippen molar-refractivity contribution >= 4 is 12.0 Å². The van der Waals surface area contributed by atoms with Crippen molar-refractivity contribution in [3.05, 3.63) is 29.3 Å². The van der Waals surface area contributed by atoms with Crippen LogP contribution in [-0.2, 0) is 9.53 Å². The quantitative estimate of drug-likeness (QED) is 0.590. The molecule has 1 fully saturated rings. The van der Waals surface area contributed by atoms with Crippen LogP contribution in [0, 0.1) is 11.3 Å². The summed E-state index contributed by atoms with van der Waals surface area (Å²) in [6.07, 6.45) is 1.46. The Morgan fingerprint density at radius 3 is 2.92 bits per heavy atom. The monoisotopic (exact) mass is 331 g/mol. The van der Waals surface area contributed by atoms with Crippen LogP contribution >= 0.6 is 0 Å². The number of rotatable bonds is 6. The van der Waals surface area contributed by atoms with Crippen LogP contribution in [0.2, 0.25) is 0 Å². The summed E-state index contributed by atoms with van der Waals surface area (Å²) in [6, 6.07) is 6.53. The van der Waals surface area contributed by atoms with Gasteiger partial charge in [0, 0.05) is 26.2 Å². The molecule has 1 saturated heterocycles. The predicted molar refractivity (Wildman–Crippen MR) is 88.5 cm³/mol. The average molecular weight is 331 g/mol. The molecule has 2 N–H and O–H groups in total. The minimum atomic E-state index is -0.419. The molecule has 7 nitrogen and oxygen atoms in total. The lowest BCUT2D eigenvalue weighted by Gasteiger charge is -2.26. The number of phenols is 1. The number of carbonyl (C=O) groups excluding carboxylic acids is 1. The molecule has 0 atom stereocenters. The van der Waals surface area contributed by atoms with Crippen molar-refractivity contribution in [2.45, 2.75) is 0 Å². The number of hydrogen-bond donors (Lipinski definition) is 2. The zero-order chi connectivity index (χ0) is 17.4. The smallest absolute Gasteiger partial charge is 0.261 e. The number of nitrogens with one attached hydrogen (secondary N) is 1. The number of aromatic hydroxyl groups is 1. The first-order chi connectivity index (χ1) is 11.6. The number of methoxy groups -OCH3 is 1. The van der Waals surface area contributed by atoms with Crippen molar-refractivity contribution < 1.29 is 19.4 Å². The lowest BCUT2D eigenvalue weighted by molar-refractivity contribution is -0.117. The summed E-state index contributed by atoms with van der Waals surface area (Å²) in [7, 11) is 1.44. The molecule has 0 aliphatic carbocycles. The van der Waals surface area contributed by atoms with E-state index >= 15 is 0 Å². The minimum Gasteiger partial charge on any atom is -0.504 e. The second-order valence-electron chi connectivity index (χ2n) is 5.31. The van der Waals surface area contributed by atoms with Crippen LogP contribution < -0.4 is 10.1 Å². The molecule has 0 saturated carbocycles. The number of morpholine rings is 1. The van der Waals surface area contributed by atoms with Gasteiger partial charge in [-0.15, -0.1) is 0 Å². The van der Waals surface area contributed by atoms with Crippen LogP contribution in [0.3, 0.4) is 0 Å². The number of phenolic OH excluding ortho intramolecular Hbond substituents is 1. The molecule has 7 heteroatoms. The standard InChI is InChI=1S/C17H21N3O4/c1-23-16-11-13(2-3-15(16)21)10-14(12-18)17(22)19-4-5-20-6-8-24-9-7-20/h2-3,10-11,21H,4-9H2,1H3,(H,19,22). The molecule has 1 amide bonds. The van der Waals surface area contributed by atoms with E-state index in [1.54, 1.807) is 12.1 Å². The van der Waals surface area contributed by atoms with Gasteiger partial charge in [0.25, 0.3) is 5.91 Å². The highest BCUT2D eigenvalue weighted by Crippen LogP contribution is 2.27. The summed E-state index contributed by atoms with van der Waals surface area (Å²) in [5, 5.41) is 21.5. The van der Waals surface area contributed by atoms with Crippen LogP contribution in [0.1, 0.15) is 5.56 Å².